The van der Waals surface area contributed by atoms with Gasteiger partial charge in [0, 0.05) is 13.1 Å². The number of hydrogen-bond acceptors (Lipinski definition) is 4. The number of carbonyl (C=O) groups excluding carboxylic acids is 1. The molecule has 0 saturated carbocycles. The third-order valence-electron chi connectivity index (χ3n) is 4.07. The zero-order chi connectivity index (χ0) is 15.7. The molecule has 2 N–H and O–H groups in total. The van der Waals surface area contributed by atoms with E-state index in [1.807, 2.05) is 4.68 Å². The zero-order valence-corrected chi connectivity index (χ0v) is 12.9. The monoisotopic (exact) mass is 299 g/mol. The highest BCUT2D eigenvalue weighted by molar-refractivity contribution is 6.08. The number of pyridine rings is 1. The lowest BCUT2D eigenvalue weighted by Crippen LogP contribution is -2.24. The van der Waals surface area contributed by atoms with Gasteiger partial charge in [-0.25, -0.2) is 9.67 Å². The Morgan fingerprint density at radius 1 is 1.45 bits per heavy atom. The van der Waals surface area contributed by atoms with E-state index in [1.54, 1.807) is 17.2 Å². The maximum absolute atomic E-state index is 12.4. The van der Waals surface area contributed by atoms with Gasteiger partial charge in [0.25, 0.3) is 5.91 Å². The van der Waals surface area contributed by atoms with Crippen molar-refractivity contribution in [2.45, 2.75) is 39.3 Å². The minimum Gasteiger partial charge on any atom is -0.397 e. The topological polar surface area (TPSA) is 77.0 Å². The number of nitrogens with two attached hydrogens (primary N) is 1. The fourth-order valence-corrected chi connectivity index (χ4v) is 2.90. The predicted molar refractivity (Wildman–Crippen MR) is 86.4 cm³/mol. The van der Waals surface area contributed by atoms with Gasteiger partial charge < -0.3 is 10.6 Å². The van der Waals surface area contributed by atoms with E-state index in [4.69, 9.17) is 5.73 Å². The Kier molecular flexibility index (Phi) is 3.83. The lowest BCUT2D eigenvalue weighted by molar-refractivity contribution is 0.0797. The van der Waals surface area contributed by atoms with Crippen molar-refractivity contribution in [3.8, 4) is 0 Å². The van der Waals surface area contributed by atoms with Crippen LogP contribution in [0.25, 0.3) is 11.0 Å². The third-order valence-corrected chi connectivity index (χ3v) is 4.07. The van der Waals surface area contributed by atoms with E-state index < -0.39 is 0 Å². The molecule has 0 aromatic carbocycles. The maximum atomic E-state index is 12.4. The van der Waals surface area contributed by atoms with E-state index in [1.165, 1.54) is 0 Å². The SMILES string of the molecule is C=CCN1Cc2nc3c(cnn3CCCCC)c(N)c2C1=O. The fourth-order valence-electron chi connectivity index (χ4n) is 2.90. The summed E-state index contributed by atoms with van der Waals surface area (Å²) in [7, 11) is 0. The van der Waals surface area contributed by atoms with Crippen LogP contribution in [0.5, 0.6) is 0 Å². The molecule has 1 amide bonds. The molecule has 0 atom stereocenters. The number of anilines is 1. The van der Waals surface area contributed by atoms with E-state index in [0.29, 0.717) is 24.3 Å². The highest BCUT2D eigenvalue weighted by atomic mass is 16.2. The van der Waals surface area contributed by atoms with Gasteiger partial charge in [-0.15, -0.1) is 6.58 Å². The van der Waals surface area contributed by atoms with Gasteiger partial charge in [-0.3, -0.25) is 4.79 Å². The van der Waals surface area contributed by atoms with Crippen LogP contribution in [0.2, 0.25) is 0 Å². The summed E-state index contributed by atoms with van der Waals surface area (Å²) in [6, 6.07) is 0. The van der Waals surface area contributed by atoms with Gasteiger partial charge in [0.15, 0.2) is 5.65 Å². The molecule has 2 aromatic rings. The van der Waals surface area contributed by atoms with Crippen LogP contribution in [0.3, 0.4) is 0 Å². The van der Waals surface area contributed by atoms with Crippen molar-refractivity contribution in [1.82, 2.24) is 19.7 Å². The Morgan fingerprint density at radius 2 is 2.27 bits per heavy atom. The van der Waals surface area contributed by atoms with Crippen molar-refractivity contribution in [2.75, 3.05) is 12.3 Å². The normalized spacial score (nSPS) is 13.9. The quantitative estimate of drug-likeness (QED) is 0.656. The van der Waals surface area contributed by atoms with E-state index in [0.717, 1.165) is 42.5 Å². The van der Waals surface area contributed by atoms with Crippen LogP contribution in [-0.4, -0.2) is 32.1 Å². The molecule has 0 bridgehead atoms. The molecule has 0 unspecified atom stereocenters. The number of aromatic nitrogens is 3. The second-order valence-corrected chi connectivity index (χ2v) is 5.63. The number of amides is 1. The number of nitrogen functional groups attached to an aromatic ring is 1. The molecule has 0 aliphatic carbocycles. The van der Waals surface area contributed by atoms with Crippen molar-refractivity contribution in [3.63, 3.8) is 0 Å². The van der Waals surface area contributed by atoms with Gasteiger partial charge >= 0.3 is 0 Å². The summed E-state index contributed by atoms with van der Waals surface area (Å²) in [6.07, 6.45) is 6.82. The lowest BCUT2D eigenvalue weighted by Gasteiger charge is -2.11. The first-order valence-corrected chi connectivity index (χ1v) is 7.71. The minimum atomic E-state index is -0.0690. The first-order chi connectivity index (χ1) is 10.7. The Hall–Kier alpha value is -2.37. The van der Waals surface area contributed by atoms with Gasteiger partial charge in [0.2, 0.25) is 0 Å². The van der Waals surface area contributed by atoms with Gasteiger partial charge in [-0.05, 0) is 6.42 Å². The van der Waals surface area contributed by atoms with Crippen LogP contribution in [0, 0.1) is 0 Å². The molecular formula is C16H21N5O. The van der Waals surface area contributed by atoms with Crippen molar-refractivity contribution in [1.29, 1.82) is 0 Å². The second-order valence-electron chi connectivity index (χ2n) is 5.63. The molecule has 1 aliphatic heterocycles. The molecule has 0 radical (unpaired) electrons. The molecule has 0 spiro atoms. The summed E-state index contributed by atoms with van der Waals surface area (Å²) in [6.45, 7) is 7.68. The number of aryl methyl sites for hydroxylation is 1. The molecular weight excluding hydrogens is 278 g/mol. The van der Waals surface area contributed by atoms with Crippen LogP contribution in [0.15, 0.2) is 18.9 Å². The predicted octanol–water partition coefficient (Wildman–Crippen LogP) is 2.35. The van der Waals surface area contributed by atoms with Crippen molar-refractivity contribution in [2.24, 2.45) is 0 Å². The van der Waals surface area contributed by atoms with Crippen LogP contribution < -0.4 is 5.73 Å². The molecule has 116 valence electrons. The number of carbonyl (C=O) groups is 1. The van der Waals surface area contributed by atoms with E-state index in [2.05, 4.69) is 23.6 Å². The number of hydrogen-bond donors (Lipinski definition) is 1. The standard InChI is InChI=1S/C16H21N5O/c1-3-5-6-8-21-15-11(9-18-21)14(17)13-12(19-15)10-20(7-4-2)16(13)22/h4,9H,2-3,5-8,10H2,1H3,(H2,17,19). The summed E-state index contributed by atoms with van der Waals surface area (Å²) < 4.78 is 1.89. The molecule has 3 rings (SSSR count). The van der Waals surface area contributed by atoms with E-state index >= 15 is 0 Å². The summed E-state index contributed by atoms with van der Waals surface area (Å²) in [5.74, 6) is -0.0690. The van der Waals surface area contributed by atoms with Gasteiger partial charge in [-0.2, -0.15) is 5.10 Å². The van der Waals surface area contributed by atoms with Gasteiger partial charge in [0.05, 0.1) is 35.1 Å². The molecule has 6 heteroatoms. The Morgan fingerprint density at radius 3 is 3.00 bits per heavy atom. The average molecular weight is 299 g/mol. The highest BCUT2D eigenvalue weighted by Crippen LogP contribution is 2.32. The molecule has 0 fully saturated rings. The fraction of sp³-hybridized carbons (Fsp3) is 0.438. The third kappa shape index (κ3) is 2.24. The Balaban J connectivity index is 2.00. The average Bonchev–Trinajstić information content (AvgIpc) is 3.03. The molecule has 2 aromatic heterocycles. The van der Waals surface area contributed by atoms with Crippen molar-refractivity contribution < 1.29 is 4.79 Å². The number of nitrogens with zero attached hydrogens (tertiary/aromatic N) is 4. The first-order valence-electron chi connectivity index (χ1n) is 7.71. The van der Waals surface area contributed by atoms with Crippen molar-refractivity contribution >= 4 is 22.6 Å². The summed E-state index contributed by atoms with van der Waals surface area (Å²) in [4.78, 5) is 18.8. The Labute approximate surface area is 129 Å². The van der Waals surface area contributed by atoms with E-state index in [-0.39, 0.29) is 5.91 Å². The summed E-state index contributed by atoms with van der Waals surface area (Å²) >= 11 is 0. The smallest absolute Gasteiger partial charge is 0.258 e. The number of unbranched alkanes of at least 4 members (excludes halogenated alkanes) is 2. The van der Waals surface area contributed by atoms with Crippen LogP contribution in [-0.2, 0) is 13.1 Å². The molecule has 1 aliphatic rings. The lowest BCUT2D eigenvalue weighted by atomic mass is 10.1. The number of rotatable bonds is 6. The van der Waals surface area contributed by atoms with Gasteiger partial charge in [-0.1, -0.05) is 25.8 Å². The second kappa shape index (κ2) is 5.79. The van der Waals surface area contributed by atoms with Crippen LogP contribution in [0.4, 0.5) is 5.69 Å². The maximum Gasteiger partial charge on any atom is 0.258 e. The summed E-state index contributed by atoms with van der Waals surface area (Å²) in [5, 5.41) is 5.15. The molecule has 3 heterocycles. The highest BCUT2D eigenvalue weighted by Gasteiger charge is 2.32. The Bertz CT molecular complexity index is 734. The van der Waals surface area contributed by atoms with E-state index in [9.17, 15) is 4.79 Å². The van der Waals surface area contributed by atoms with Gasteiger partial charge in [0.1, 0.15) is 0 Å². The van der Waals surface area contributed by atoms with Crippen LogP contribution >= 0.6 is 0 Å². The molecule has 6 nitrogen and oxygen atoms in total. The molecule has 22 heavy (non-hydrogen) atoms. The largest absolute Gasteiger partial charge is 0.397 e. The number of fused-ring (bicyclic) bond motifs is 2. The summed E-state index contributed by atoms with van der Waals surface area (Å²) in [5.41, 5.74) is 8.77. The molecule has 0 saturated heterocycles. The minimum absolute atomic E-state index is 0.0690. The van der Waals surface area contributed by atoms with Crippen molar-refractivity contribution in [3.05, 3.63) is 30.1 Å². The van der Waals surface area contributed by atoms with Crippen LogP contribution in [0.1, 0.15) is 42.2 Å². The zero-order valence-electron chi connectivity index (χ0n) is 12.9. The first kappa shape index (κ1) is 14.6.